The molecular weight excluding hydrogens is 309 g/mol. The number of carbonyl (C=O) groups excluding carboxylic acids is 1. The van der Waals surface area contributed by atoms with Gasteiger partial charge in [0.25, 0.3) is 5.91 Å². The molecular formula is C16H15ClFNO3. The van der Waals surface area contributed by atoms with Gasteiger partial charge in [-0.1, -0.05) is 17.7 Å². The maximum absolute atomic E-state index is 14.0. The third-order valence-corrected chi connectivity index (χ3v) is 3.40. The summed E-state index contributed by atoms with van der Waals surface area (Å²) in [5.74, 6) is -0.850. The van der Waals surface area contributed by atoms with Gasteiger partial charge in [-0.05, 0) is 30.7 Å². The van der Waals surface area contributed by atoms with Gasteiger partial charge in [-0.3, -0.25) is 4.79 Å². The van der Waals surface area contributed by atoms with E-state index in [2.05, 4.69) is 5.32 Å². The van der Waals surface area contributed by atoms with Crippen LogP contribution in [0, 0.1) is 12.7 Å². The minimum Gasteiger partial charge on any atom is -0.493 e. The second-order valence-electron chi connectivity index (χ2n) is 4.62. The zero-order valence-corrected chi connectivity index (χ0v) is 13.1. The van der Waals surface area contributed by atoms with E-state index in [0.717, 1.165) is 11.6 Å². The molecule has 2 aromatic carbocycles. The summed E-state index contributed by atoms with van der Waals surface area (Å²) < 4.78 is 24.1. The summed E-state index contributed by atoms with van der Waals surface area (Å²) in [5.41, 5.74) is 1.21. The quantitative estimate of drug-likeness (QED) is 0.923. The molecule has 1 amide bonds. The molecule has 1 N–H and O–H groups in total. The Hall–Kier alpha value is -2.27. The largest absolute Gasteiger partial charge is 0.493 e. The Morgan fingerprint density at radius 2 is 1.77 bits per heavy atom. The van der Waals surface area contributed by atoms with Crippen molar-refractivity contribution in [3.8, 4) is 11.5 Å². The number of halogens is 2. The Balaban J connectivity index is 2.33. The molecule has 0 spiro atoms. The van der Waals surface area contributed by atoms with Gasteiger partial charge < -0.3 is 14.8 Å². The second kappa shape index (κ2) is 6.66. The monoisotopic (exact) mass is 323 g/mol. The van der Waals surface area contributed by atoms with Crippen molar-refractivity contribution in [1.29, 1.82) is 0 Å². The normalized spacial score (nSPS) is 10.2. The zero-order valence-electron chi connectivity index (χ0n) is 12.4. The number of aryl methyl sites for hydroxylation is 1. The van der Waals surface area contributed by atoms with Crippen molar-refractivity contribution in [2.45, 2.75) is 6.92 Å². The van der Waals surface area contributed by atoms with Crippen molar-refractivity contribution in [1.82, 2.24) is 0 Å². The van der Waals surface area contributed by atoms with Gasteiger partial charge in [-0.2, -0.15) is 0 Å². The van der Waals surface area contributed by atoms with E-state index in [1.54, 1.807) is 18.2 Å². The van der Waals surface area contributed by atoms with E-state index in [0.29, 0.717) is 10.7 Å². The van der Waals surface area contributed by atoms with Crippen LogP contribution in [0.5, 0.6) is 11.5 Å². The number of amides is 1. The van der Waals surface area contributed by atoms with Crippen molar-refractivity contribution >= 4 is 23.2 Å². The molecule has 22 heavy (non-hydrogen) atoms. The average Bonchev–Trinajstić information content (AvgIpc) is 2.49. The smallest absolute Gasteiger partial charge is 0.258 e. The number of ether oxygens (including phenoxy) is 2. The van der Waals surface area contributed by atoms with E-state index in [4.69, 9.17) is 21.1 Å². The number of anilines is 1. The Labute approximate surface area is 132 Å². The van der Waals surface area contributed by atoms with Crippen molar-refractivity contribution < 1.29 is 18.7 Å². The molecule has 0 saturated heterocycles. The highest BCUT2D eigenvalue weighted by molar-refractivity contribution is 6.34. The van der Waals surface area contributed by atoms with Crippen molar-refractivity contribution in [3.63, 3.8) is 0 Å². The molecule has 2 rings (SSSR count). The number of carbonyl (C=O) groups is 1. The first-order valence-electron chi connectivity index (χ1n) is 6.45. The molecule has 116 valence electrons. The van der Waals surface area contributed by atoms with Crippen LogP contribution >= 0.6 is 11.6 Å². The van der Waals surface area contributed by atoms with E-state index in [-0.39, 0.29) is 17.1 Å². The minimum atomic E-state index is -0.710. The Bertz CT molecular complexity index is 719. The highest BCUT2D eigenvalue weighted by Crippen LogP contribution is 2.31. The minimum absolute atomic E-state index is 0.158. The molecule has 0 atom stereocenters. The van der Waals surface area contributed by atoms with Gasteiger partial charge in [-0.15, -0.1) is 0 Å². The number of rotatable bonds is 4. The fourth-order valence-corrected chi connectivity index (χ4v) is 2.22. The average molecular weight is 324 g/mol. The summed E-state index contributed by atoms with van der Waals surface area (Å²) in [6.07, 6.45) is 0. The molecule has 0 saturated carbocycles. The van der Waals surface area contributed by atoms with Crippen LogP contribution in [0.25, 0.3) is 0 Å². The van der Waals surface area contributed by atoms with Crippen LogP contribution in [-0.2, 0) is 0 Å². The molecule has 0 radical (unpaired) electrons. The standard InChI is InChI=1S/C16H15ClFNO3/c1-9-4-5-13(11(17)6-9)19-16(20)10-7-14(21-2)15(22-3)8-12(10)18/h4-8H,1-3H3,(H,19,20). The van der Waals surface area contributed by atoms with E-state index in [1.807, 2.05) is 6.92 Å². The first kappa shape index (κ1) is 16.1. The van der Waals surface area contributed by atoms with Gasteiger partial charge >= 0.3 is 0 Å². The highest BCUT2D eigenvalue weighted by atomic mass is 35.5. The third-order valence-electron chi connectivity index (χ3n) is 3.09. The lowest BCUT2D eigenvalue weighted by molar-refractivity contribution is 0.102. The molecule has 0 fully saturated rings. The van der Waals surface area contributed by atoms with Crippen LogP contribution in [0.3, 0.4) is 0 Å². The first-order valence-corrected chi connectivity index (χ1v) is 6.83. The van der Waals surface area contributed by atoms with Gasteiger partial charge in [-0.25, -0.2) is 4.39 Å². The van der Waals surface area contributed by atoms with Crippen molar-refractivity contribution in [2.75, 3.05) is 19.5 Å². The van der Waals surface area contributed by atoms with Crippen LogP contribution in [0.2, 0.25) is 5.02 Å². The lowest BCUT2D eigenvalue weighted by Crippen LogP contribution is -2.14. The number of hydrogen-bond acceptors (Lipinski definition) is 3. The second-order valence-corrected chi connectivity index (χ2v) is 5.03. The molecule has 4 nitrogen and oxygen atoms in total. The summed E-state index contributed by atoms with van der Waals surface area (Å²) in [6.45, 7) is 1.88. The fraction of sp³-hybridized carbons (Fsp3) is 0.188. The van der Waals surface area contributed by atoms with Crippen LogP contribution in [0.15, 0.2) is 30.3 Å². The lowest BCUT2D eigenvalue weighted by Gasteiger charge is -2.12. The van der Waals surface area contributed by atoms with Crippen LogP contribution in [-0.4, -0.2) is 20.1 Å². The highest BCUT2D eigenvalue weighted by Gasteiger charge is 2.18. The summed E-state index contributed by atoms with van der Waals surface area (Å²) in [5, 5.41) is 2.96. The maximum Gasteiger partial charge on any atom is 0.258 e. The van der Waals surface area contributed by atoms with Gasteiger partial charge in [0.15, 0.2) is 11.5 Å². The number of nitrogens with one attached hydrogen (secondary N) is 1. The first-order chi connectivity index (χ1) is 10.5. The van der Waals surface area contributed by atoms with E-state index < -0.39 is 11.7 Å². The molecule has 0 aliphatic rings. The SMILES string of the molecule is COc1cc(F)c(C(=O)Nc2ccc(C)cc2Cl)cc1OC. The summed E-state index contributed by atoms with van der Waals surface area (Å²) in [4.78, 5) is 12.2. The maximum atomic E-state index is 14.0. The molecule has 0 bridgehead atoms. The molecule has 6 heteroatoms. The third kappa shape index (κ3) is 3.31. The Kier molecular flexibility index (Phi) is 4.88. The Morgan fingerprint density at radius 3 is 2.36 bits per heavy atom. The molecule has 2 aromatic rings. The number of methoxy groups -OCH3 is 2. The lowest BCUT2D eigenvalue weighted by atomic mass is 10.1. The summed E-state index contributed by atoms with van der Waals surface area (Å²) in [6, 6.07) is 7.55. The zero-order chi connectivity index (χ0) is 16.3. The number of hydrogen-bond donors (Lipinski definition) is 1. The summed E-state index contributed by atoms with van der Waals surface area (Å²) in [7, 11) is 2.80. The molecule has 0 aliphatic carbocycles. The predicted octanol–water partition coefficient (Wildman–Crippen LogP) is 4.06. The van der Waals surface area contributed by atoms with Gasteiger partial charge in [0.2, 0.25) is 0 Å². The topological polar surface area (TPSA) is 47.6 Å². The van der Waals surface area contributed by atoms with Gasteiger partial charge in [0, 0.05) is 6.07 Å². The van der Waals surface area contributed by atoms with Gasteiger partial charge in [0.1, 0.15) is 5.82 Å². The summed E-state index contributed by atoms with van der Waals surface area (Å²) >= 11 is 6.05. The molecule has 0 heterocycles. The molecule has 0 aliphatic heterocycles. The van der Waals surface area contributed by atoms with Crippen molar-refractivity contribution in [2.24, 2.45) is 0 Å². The molecule has 0 unspecified atom stereocenters. The van der Waals surface area contributed by atoms with Crippen molar-refractivity contribution in [3.05, 3.63) is 52.3 Å². The number of benzene rings is 2. The van der Waals surface area contributed by atoms with Crippen LogP contribution in [0.4, 0.5) is 10.1 Å². The van der Waals surface area contributed by atoms with Crippen LogP contribution in [0.1, 0.15) is 15.9 Å². The van der Waals surface area contributed by atoms with E-state index in [1.165, 1.54) is 20.3 Å². The van der Waals surface area contributed by atoms with Gasteiger partial charge in [0.05, 0.1) is 30.5 Å². The Morgan fingerprint density at radius 1 is 1.14 bits per heavy atom. The van der Waals surface area contributed by atoms with E-state index >= 15 is 0 Å². The predicted molar refractivity (Wildman–Crippen MR) is 83.6 cm³/mol. The van der Waals surface area contributed by atoms with Crippen LogP contribution < -0.4 is 14.8 Å². The van der Waals surface area contributed by atoms with E-state index in [9.17, 15) is 9.18 Å². The fourth-order valence-electron chi connectivity index (χ4n) is 1.94. The molecule has 0 aromatic heterocycles.